The van der Waals surface area contributed by atoms with Crippen LogP contribution in [-0.4, -0.2) is 27.1 Å². The maximum atomic E-state index is 12.2. The molecule has 1 atom stereocenters. The third kappa shape index (κ3) is 5.88. The van der Waals surface area contributed by atoms with E-state index < -0.39 is 10.0 Å². The lowest BCUT2D eigenvalue weighted by Crippen LogP contribution is -2.32. The summed E-state index contributed by atoms with van der Waals surface area (Å²) in [6.07, 6.45) is 1.91. The first-order valence-electron chi connectivity index (χ1n) is 8.66. The second kappa shape index (κ2) is 8.85. The van der Waals surface area contributed by atoms with E-state index in [2.05, 4.69) is 5.32 Å². The third-order valence-corrected chi connectivity index (χ3v) is 5.33. The molecule has 0 bridgehead atoms. The van der Waals surface area contributed by atoms with Crippen molar-refractivity contribution in [2.75, 3.05) is 17.1 Å². The fourth-order valence-electron chi connectivity index (χ4n) is 2.79. The van der Waals surface area contributed by atoms with Crippen molar-refractivity contribution in [1.82, 2.24) is 5.32 Å². The predicted octanol–water partition coefficient (Wildman–Crippen LogP) is 3.42. The Morgan fingerprint density at radius 3 is 2.42 bits per heavy atom. The van der Waals surface area contributed by atoms with Gasteiger partial charge in [0.25, 0.3) is 0 Å². The summed E-state index contributed by atoms with van der Waals surface area (Å²) in [6, 6.07) is 17.0. The minimum atomic E-state index is -3.40. The molecular weight excluding hydrogens is 348 g/mol. The molecular formula is C20H26N2O3S. The average Bonchev–Trinajstić information content (AvgIpc) is 2.58. The largest absolute Gasteiger partial charge is 0.350 e. The Balaban J connectivity index is 1.92. The summed E-state index contributed by atoms with van der Waals surface area (Å²) < 4.78 is 25.6. The lowest BCUT2D eigenvalue weighted by atomic mass is 10.1. The van der Waals surface area contributed by atoms with Gasteiger partial charge in [0.1, 0.15) is 0 Å². The van der Waals surface area contributed by atoms with E-state index in [1.54, 1.807) is 6.07 Å². The summed E-state index contributed by atoms with van der Waals surface area (Å²) in [5.41, 5.74) is 2.66. The molecule has 2 rings (SSSR count). The number of nitrogens with one attached hydrogen (secondary N) is 1. The SMILES string of the molecule is Cc1cccc(N(CCCC(=O)N[C@H](C)c2ccccc2)S(C)(=O)=O)c1. The van der Waals surface area contributed by atoms with Crippen LogP contribution < -0.4 is 9.62 Å². The highest BCUT2D eigenvalue weighted by Crippen LogP contribution is 2.19. The van der Waals surface area contributed by atoms with Gasteiger partial charge in [0, 0.05) is 13.0 Å². The summed E-state index contributed by atoms with van der Waals surface area (Å²) in [4.78, 5) is 12.2. The normalized spacial score (nSPS) is 12.4. The number of rotatable bonds is 8. The van der Waals surface area contributed by atoms with Crippen LogP contribution in [0.5, 0.6) is 0 Å². The van der Waals surface area contributed by atoms with Crippen molar-refractivity contribution in [3.05, 3.63) is 65.7 Å². The lowest BCUT2D eigenvalue weighted by Gasteiger charge is -2.23. The quantitative estimate of drug-likeness (QED) is 0.770. The minimum absolute atomic E-state index is 0.0773. The van der Waals surface area contributed by atoms with E-state index in [0.717, 1.165) is 11.1 Å². The number of aryl methyl sites for hydroxylation is 1. The highest BCUT2D eigenvalue weighted by atomic mass is 32.2. The van der Waals surface area contributed by atoms with Crippen LogP contribution in [0.1, 0.15) is 36.9 Å². The number of carbonyl (C=O) groups excluding carboxylic acids is 1. The molecule has 5 nitrogen and oxygen atoms in total. The molecule has 0 radical (unpaired) electrons. The number of sulfonamides is 1. The van der Waals surface area contributed by atoms with Gasteiger partial charge in [-0.3, -0.25) is 9.10 Å². The topological polar surface area (TPSA) is 66.5 Å². The fourth-order valence-corrected chi connectivity index (χ4v) is 3.75. The van der Waals surface area contributed by atoms with E-state index in [9.17, 15) is 13.2 Å². The number of hydrogen-bond donors (Lipinski definition) is 1. The van der Waals surface area contributed by atoms with Crippen LogP contribution >= 0.6 is 0 Å². The van der Waals surface area contributed by atoms with Gasteiger partial charge in [0.05, 0.1) is 18.0 Å². The Morgan fingerprint density at radius 1 is 1.12 bits per heavy atom. The van der Waals surface area contributed by atoms with Crippen LogP contribution in [-0.2, 0) is 14.8 Å². The Morgan fingerprint density at radius 2 is 1.81 bits per heavy atom. The Kier molecular flexibility index (Phi) is 6.80. The first-order chi connectivity index (χ1) is 12.3. The van der Waals surface area contributed by atoms with E-state index in [1.165, 1.54) is 10.6 Å². The van der Waals surface area contributed by atoms with Gasteiger partial charge in [-0.05, 0) is 43.5 Å². The fraction of sp³-hybridized carbons (Fsp3) is 0.350. The summed E-state index contributed by atoms with van der Waals surface area (Å²) in [6.45, 7) is 4.13. The van der Waals surface area contributed by atoms with Crippen molar-refractivity contribution in [1.29, 1.82) is 0 Å². The van der Waals surface area contributed by atoms with Crippen molar-refractivity contribution in [3.8, 4) is 0 Å². The molecule has 140 valence electrons. The molecule has 0 aliphatic rings. The van der Waals surface area contributed by atoms with Gasteiger partial charge >= 0.3 is 0 Å². The van der Waals surface area contributed by atoms with Gasteiger partial charge in [0.2, 0.25) is 15.9 Å². The highest BCUT2D eigenvalue weighted by molar-refractivity contribution is 7.92. The zero-order valence-corrected chi connectivity index (χ0v) is 16.3. The molecule has 0 fully saturated rings. The van der Waals surface area contributed by atoms with E-state index in [0.29, 0.717) is 12.1 Å². The van der Waals surface area contributed by atoms with Gasteiger partial charge in [-0.15, -0.1) is 0 Å². The summed E-state index contributed by atoms with van der Waals surface area (Å²) in [7, 11) is -3.40. The van der Waals surface area contributed by atoms with E-state index >= 15 is 0 Å². The Labute approximate surface area is 156 Å². The molecule has 2 aromatic rings. The maximum absolute atomic E-state index is 12.2. The number of amides is 1. The van der Waals surface area contributed by atoms with Gasteiger partial charge in [0.15, 0.2) is 0 Å². The maximum Gasteiger partial charge on any atom is 0.232 e. The van der Waals surface area contributed by atoms with Gasteiger partial charge in [-0.25, -0.2) is 8.42 Å². The van der Waals surface area contributed by atoms with Crippen LogP contribution in [0.3, 0.4) is 0 Å². The van der Waals surface area contributed by atoms with Gasteiger partial charge in [-0.2, -0.15) is 0 Å². The molecule has 26 heavy (non-hydrogen) atoms. The number of nitrogens with zero attached hydrogens (tertiary/aromatic N) is 1. The van der Waals surface area contributed by atoms with E-state index in [4.69, 9.17) is 0 Å². The number of benzene rings is 2. The number of hydrogen-bond acceptors (Lipinski definition) is 3. The molecule has 6 heteroatoms. The zero-order chi connectivity index (χ0) is 19.2. The molecule has 0 heterocycles. The monoisotopic (exact) mass is 374 g/mol. The van der Waals surface area contributed by atoms with Crippen molar-refractivity contribution < 1.29 is 13.2 Å². The van der Waals surface area contributed by atoms with E-state index in [1.807, 2.05) is 62.4 Å². The van der Waals surface area contributed by atoms with Gasteiger partial charge < -0.3 is 5.32 Å². The van der Waals surface area contributed by atoms with Crippen molar-refractivity contribution in [3.63, 3.8) is 0 Å². The third-order valence-electron chi connectivity index (χ3n) is 4.13. The zero-order valence-electron chi connectivity index (χ0n) is 15.5. The summed E-state index contributed by atoms with van der Waals surface area (Å²) in [5, 5.41) is 2.95. The lowest BCUT2D eigenvalue weighted by molar-refractivity contribution is -0.121. The minimum Gasteiger partial charge on any atom is -0.350 e. The smallest absolute Gasteiger partial charge is 0.232 e. The molecule has 2 aromatic carbocycles. The first kappa shape index (κ1) is 20.0. The second-order valence-corrected chi connectivity index (χ2v) is 8.38. The Hall–Kier alpha value is -2.34. The number of anilines is 1. The molecule has 0 unspecified atom stereocenters. The van der Waals surface area contributed by atoms with Crippen LogP contribution in [0.4, 0.5) is 5.69 Å². The molecule has 0 aromatic heterocycles. The Bertz CT molecular complexity index is 835. The van der Waals surface area contributed by atoms with Crippen molar-refractivity contribution >= 4 is 21.6 Å². The van der Waals surface area contributed by atoms with Crippen LogP contribution in [0.2, 0.25) is 0 Å². The molecule has 0 spiro atoms. The summed E-state index contributed by atoms with van der Waals surface area (Å²) in [5.74, 6) is -0.0842. The standard InChI is InChI=1S/C20H26N2O3S/c1-16-9-7-12-19(15-16)22(26(3,24)25)14-8-13-20(23)21-17(2)18-10-5-4-6-11-18/h4-7,9-12,15,17H,8,13-14H2,1-3H3,(H,21,23)/t17-/m1/s1. The van der Waals surface area contributed by atoms with Crippen LogP contribution in [0, 0.1) is 6.92 Å². The second-order valence-electron chi connectivity index (χ2n) is 6.48. The molecule has 0 saturated carbocycles. The van der Waals surface area contributed by atoms with Gasteiger partial charge in [-0.1, -0.05) is 42.5 Å². The highest BCUT2D eigenvalue weighted by Gasteiger charge is 2.18. The summed E-state index contributed by atoms with van der Waals surface area (Å²) >= 11 is 0. The van der Waals surface area contributed by atoms with Crippen LogP contribution in [0.15, 0.2) is 54.6 Å². The van der Waals surface area contributed by atoms with E-state index in [-0.39, 0.29) is 24.9 Å². The van der Waals surface area contributed by atoms with Crippen LogP contribution in [0.25, 0.3) is 0 Å². The molecule has 1 N–H and O–H groups in total. The first-order valence-corrected chi connectivity index (χ1v) is 10.5. The van der Waals surface area contributed by atoms with Crippen molar-refractivity contribution in [2.45, 2.75) is 32.7 Å². The predicted molar refractivity (Wildman–Crippen MR) is 106 cm³/mol. The molecule has 0 saturated heterocycles. The number of carbonyl (C=O) groups is 1. The average molecular weight is 375 g/mol. The molecule has 1 amide bonds. The molecule has 0 aliphatic heterocycles. The van der Waals surface area contributed by atoms with Crippen molar-refractivity contribution in [2.24, 2.45) is 0 Å². The molecule has 0 aliphatic carbocycles.